The molecule has 0 amide bonds. The van der Waals surface area contributed by atoms with Crippen molar-refractivity contribution in [3.63, 3.8) is 0 Å². The molecule has 0 radical (unpaired) electrons. The second-order valence-corrected chi connectivity index (χ2v) is 7.36. The van der Waals surface area contributed by atoms with Crippen LogP contribution in [0, 0.1) is 11.3 Å². The van der Waals surface area contributed by atoms with Gasteiger partial charge in [-0.15, -0.1) is 0 Å². The van der Waals surface area contributed by atoms with Crippen molar-refractivity contribution in [2.75, 3.05) is 11.9 Å². The van der Waals surface area contributed by atoms with Crippen LogP contribution < -0.4 is 10.6 Å². The zero-order chi connectivity index (χ0) is 18.6. The first-order chi connectivity index (χ1) is 12.5. The van der Waals surface area contributed by atoms with E-state index in [9.17, 15) is 0 Å². The van der Waals surface area contributed by atoms with Crippen LogP contribution in [0.25, 0.3) is 10.9 Å². The topological polar surface area (TPSA) is 60.7 Å². The summed E-state index contributed by atoms with van der Waals surface area (Å²) < 4.78 is 0. The number of pyridine rings is 1. The number of rotatable bonds is 6. The van der Waals surface area contributed by atoms with E-state index in [1.165, 1.54) is 0 Å². The van der Waals surface area contributed by atoms with Crippen LogP contribution in [0.3, 0.4) is 0 Å². The summed E-state index contributed by atoms with van der Waals surface area (Å²) in [5, 5.41) is 17.8. The van der Waals surface area contributed by atoms with Gasteiger partial charge in [0.2, 0.25) is 0 Å². The zero-order valence-corrected chi connectivity index (χ0v) is 15.6. The Bertz CT molecular complexity index is 960. The molecule has 3 aromatic rings. The second kappa shape index (κ2) is 7.74. The predicted molar refractivity (Wildman–Crippen MR) is 107 cm³/mol. The van der Waals surface area contributed by atoms with Gasteiger partial charge in [0.1, 0.15) is 0 Å². The molecule has 4 nitrogen and oxygen atoms in total. The van der Waals surface area contributed by atoms with E-state index >= 15 is 0 Å². The molecule has 3 rings (SSSR count). The van der Waals surface area contributed by atoms with Crippen molar-refractivity contribution < 1.29 is 0 Å². The van der Waals surface area contributed by atoms with Gasteiger partial charge in [0, 0.05) is 40.9 Å². The third kappa shape index (κ3) is 4.51. The molecule has 2 aromatic carbocycles. The smallest absolute Gasteiger partial charge is 0.0991 e. The molecule has 0 aliphatic rings. The summed E-state index contributed by atoms with van der Waals surface area (Å²) >= 11 is 6.05. The highest BCUT2D eigenvalue weighted by Gasteiger charge is 2.17. The fourth-order valence-corrected chi connectivity index (χ4v) is 2.91. The molecule has 0 atom stereocenters. The Hall–Kier alpha value is -2.61. The fourth-order valence-electron chi connectivity index (χ4n) is 2.75. The van der Waals surface area contributed by atoms with Gasteiger partial charge in [-0.05, 0) is 55.8 Å². The van der Waals surface area contributed by atoms with Gasteiger partial charge in [-0.25, -0.2) is 0 Å². The predicted octanol–water partition coefficient (Wildman–Crippen LogP) is 4.74. The van der Waals surface area contributed by atoms with Crippen molar-refractivity contribution in [3.8, 4) is 6.07 Å². The van der Waals surface area contributed by atoms with Crippen molar-refractivity contribution >= 4 is 28.2 Å². The maximum atomic E-state index is 9.01. The molecule has 132 valence electrons. The summed E-state index contributed by atoms with van der Waals surface area (Å²) in [4.78, 5) is 4.37. The van der Waals surface area contributed by atoms with E-state index < -0.39 is 0 Å². The number of anilines is 1. The third-order valence-electron chi connectivity index (χ3n) is 4.25. The van der Waals surface area contributed by atoms with E-state index in [1.54, 1.807) is 6.20 Å². The molecule has 0 saturated carbocycles. The van der Waals surface area contributed by atoms with Gasteiger partial charge in [-0.1, -0.05) is 23.7 Å². The molecule has 0 saturated heterocycles. The molecule has 0 fully saturated rings. The van der Waals surface area contributed by atoms with E-state index in [4.69, 9.17) is 16.9 Å². The van der Waals surface area contributed by atoms with Gasteiger partial charge in [-0.2, -0.15) is 5.26 Å². The first kappa shape index (κ1) is 18.2. The van der Waals surface area contributed by atoms with E-state index in [-0.39, 0.29) is 5.54 Å². The van der Waals surface area contributed by atoms with Crippen molar-refractivity contribution in [2.24, 2.45) is 0 Å². The lowest BCUT2D eigenvalue weighted by molar-refractivity contribution is 0.407. The third-order valence-corrected chi connectivity index (χ3v) is 4.49. The molecule has 2 N–H and O–H groups in total. The summed E-state index contributed by atoms with van der Waals surface area (Å²) in [6.45, 7) is 5.74. The molecule has 0 aliphatic carbocycles. The standard InChI is InChI=1S/C21H21ClN4/c1-21(2,26-13-16-5-3-4-15(10-16)12-23)14-25-19-8-9-24-20-11-17(22)6-7-18(19)20/h3-11,26H,13-14H2,1-2H3,(H,24,25). The van der Waals surface area contributed by atoms with Crippen LogP contribution in [0.5, 0.6) is 0 Å². The highest BCUT2D eigenvalue weighted by molar-refractivity contribution is 6.31. The first-order valence-electron chi connectivity index (χ1n) is 8.49. The SMILES string of the molecule is CC(C)(CNc1ccnc2cc(Cl)ccc12)NCc1cccc(C#N)c1. The molecular formula is C21H21ClN4. The Morgan fingerprint density at radius 3 is 2.81 bits per heavy atom. The summed E-state index contributed by atoms with van der Waals surface area (Å²) in [7, 11) is 0. The molecular weight excluding hydrogens is 344 g/mol. The lowest BCUT2D eigenvalue weighted by Gasteiger charge is -2.27. The quantitative estimate of drug-likeness (QED) is 0.663. The Morgan fingerprint density at radius 2 is 2.00 bits per heavy atom. The normalized spacial score (nSPS) is 11.3. The van der Waals surface area contributed by atoms with Crippen LogP contribution in [0.15, 0.2) is 54.7 Å². The fraction of sp³-hybridized carbons (Fsp3) is 0.238. The van der Waals surface area contributed by atoms with E-state index in [0.29, 0.717) is 17.1 Å². The number of nitriles is 1. The van der Waals surface area contributed by atoms with Gasteiger partial charge < -0.3 is 10.6 Å². The van der Waals surface area contributed by atoms with Gasteiger partial charge in [0.05, 0.1) is 17.1 Å². The molecule has 0 bridgehead atoms. The van der Waals surface area contributed by atoms with Crippen LogP contribution in [0.2, 0.25) is 5.02 Å². The Labute approximate surface area is 158 Å². The molecule has 26 heavy (non-hydrogen) atoms. The number of aromatic nitrogens is 1. The van der Waals surface area contributed by atoms with Crippen LogP contribution in [-0.2, 0) is 6.54 Å². The molecule has 0 spiro atoms. The molecule has 0 aliphatic heterocycles. The summed E-state index contributed by atoms with van der Waals surface area (Å²) in [5.41, 5.74) is 3.56. The lowest BCUT2D eigenvalue weighted by Crippen LogP contribution is -2.44. The highest BCUT2D eigenvalue weighted by Crippen LogP contribution is 2.24. The monoisotopic (exact) mass is 364 g/mol. The number of nitrogens with zero attached hydrogens (tertiary/aromatic N) is 2. The van der Waals surface area contributed by atoms with Crippen molar-refractivity contribution in [3.05, 3.63) is 70.9 Å². The minimum atomic E-state index is -0.134. The van der Waals surface area contributed by atoms with E-state index in [1.807, 2.05) is 48.5 Å². The van der Waals surface area contributed by atoms with Crippen molar-refractivity contribution in [2.45, 2.75) is 25.9 Å². The summed E-state index contributed by atoms with van der Waals surface area (Å²) in [6, 6.07) is 17.6. The summed E-state index contributed by atoms with van der Waals surface area (Å²) in [6.07, 6.45) is 1.79. The van der Waals surface area contributed by atoms with Crippen LogP contribution in [0.1, 0.15) is 25.0 Å². The van der Waals surface area contributed by atoms with Crippen molar-refractivity contribution in [1.29, 1.82) is 5.26 Å². The lowest BCUT2D eigenvalue weighted by atomic mass is 10.0. The number of hydrogen-bond acceptors (Lipinski definition) is 4. The Kier molecular flexibility index (Phi) is 5.41. The number of nitrogens with one attached hydrogen (secondary N) is 2. The Balaban J connectivity index is 1.65. The number of halogens is 1. The highest BCUT2D eigenvalue weighted by atomic mass is 35.5. The molecule has 1 heterocycles. The maximum Gasteiger partial charge on any atom is 0.0991 e. The maximum absolute atomic E-state index is 9.01. The molecule has 0 unspecified atom stereocenters. The number of benzene rings is 2. The van der Waals surface area contributed by atoms with E-state index in [0.717, 1.165) is 28.7 Å². The van der Waals surface area contributed by atoms with Crippen LogP contribution >= 0.6 is 11.6 Å². The first-order valence-corrected chi connectivity index (χ1v) is 8.87. The van der Waals surface area contributed by atoms with Crippen LogP contribution in [-0.4, -0.2) is 17.1 Å². The Morgan fingerprint density at radius 1 is 1.15 bits per heavy atom. The van der Waals surface area contributed by atoms with Gasteiger partial charge in [-0.3, -0.25) is 4.98 Å². The second-order valence-electron chi connectivity index (χ2n) is 6.92. The zero-order valence-electron chi connectivity index (χ0n) is 14.9. The number of fused-ring (bicyclic) bond motifs is 1. The average Bonchev–Trinajstić information content (AvgIpc) is 2.64. The van der Waals surface area contributed by atoms with Gasteiger partial charge >= 0.3 is 0 Å². The van der Waals surface area contributed by atoms with Crippen LogP contribution in [0.4, 0.5) is 5.69 Å². The number of hydrogen-bond donors (Lipinski definition) is 2. The molecule has 1 aromatic heterocycles. The van der Waals surface area contributed by atoms with Gasteiger partial charge in [0.25, 0.3) is 0 Å². The minimum absolute atomic E-state index is 0.134. The van der Waals surface area contributed by atoms with Crippen molar-refractivity contribution in [1.82, 2.24) is 10.3 Å². The minimum Gasteiger partial charge on any atom is -0.383 e. The molecule has 5 heteroatoms. The van der Waals surface area contributed by atoms with E-state index in [2.05, 4.69) is 35.5 Å². The largest absolute Gasteiger partial charge is 0.383 e. The average molecular weight is 365 g/mol. The summed E-state index contributed by atoms with van der Waals surface area (Å²) in [5.74, 6) is 0. The van der Waals surface area contributed by atoms with Gasteiger partial charge in [0.15, 0.2) is 0 Å².